The normalized spacial score (nSPS) is 35.6. The molecule has 1 aliphatic carbocycles. The first-order valence-electron chi connectivity index (χ1n) is 6.29. The molecule has 1 saturated carbocycles. The van der Waals surface area contributed by atoms with Crippen molar-refractivity contribution in [3.63, 3.8) is 0 Å². The number of hydrogen-bond donors (Lipinski definition) is 0. The van der Waals surface area contributed by atoms with Gasteiger partial charge in [-0.1, -0.05) is 19.3 Å². The molecule has 1 aliphatic heterocycles. The van der Waals surface area contributed by atoms with E-state index < -0.39 is 0 Å². The van der Waals surface area contributed by atoms with E-state index in [0.717, 1.165) is 18.9 Å². The van der Waals surface area contributed by atoms with E-state index in [1.807, 2.05) is 0 Å². The molecule has 0 aromatic rings. The van der Waals surface area contributed by atoms with Crippen LogP contribution >= 0.6 is 23.2 Å². The smallest absolute Gasteiger partial charge is 0.102 e. The van der Waals surface area contributed by atoms with E-state index in [9.17, 15) is 0 Å². The lowest BCUT2D eigenvalue weighted by molar-refractivity contribution is 0.156. The molecular formula is C12H21Cl2N. The van der Waals surface area contributed by atoms with Crippen LogP contribution in [-0.4, -0.2) is 28.9 Å². The first kappa shape index (κ1) is 12.0. The van der Waals surface area contributed by atoms with E-state index in [-0.39, 0.29) is 10.9 Å². The molecule has 2 atom stereocenters. The third-order valence-corrected chi connectivity index (χ3v) is 4.96. The molecule has 0 aromatic heterocycles. The largest absolute Gasteiger partial charge is 0.286 e. The van der Waals surface area contributed by atoms with Gasteiger partial charge in [0.15, 0.2) is 0 Å². The minimum Gasteiger partial charge on any atom is -0.286 e. The topological polar surface area (TPSA) is 3.24 Å². The van der Waals surface area contributed by atoms with Crippen molar-refractivity contribution in [2.24, 2.45) is 5.92 Å². The highest BCUT2D eigenvalue weighted by atomic mass is 35.5. The number of piperidine rings is 1. The average Bonchev–Trinajstić information content (AvgIpc) is 2.26. The fourth-order valence-electron chi connectivity index (χ4n) is 2.87. The van der Waals surface area contributed by atoms with Gasteiger partial charge in [0, 0.05) is 6.54 Å². The van der Waals surface area contributed by atoms with E-state index in [0.29, 0.717) is 0 Å². The summed E-state index contributed by atoms with van der Waals surface area (Å²) in [7, 11) is 0. The lowest BCUT2D eigenvalue weighted by atomic mass is 9.88. The first-order valence-corrected chi connectivity index (χ1v) is 7.17. The SMILES string of the molecule is ClC1CCCN(CC2CCCCC2)C1Cl. The Labute approximate surface area is 103 Å². The highest BCUT2D eigenvalue weighted by Crippen LogP contribution is 2.30. The molecule has 0 bridgehead atoms. The van der Waals surface area contributed by atoms with Crippen LogP contribution in [0.1, 0.15) is 44.9 Å². The van der Waals surface area contributed by atoms with Crippen LogP contribution in [0.3, 0.4) is 0 Å². The van der Waals surface area contributed by atoms with Gasteiger partial charge in [-0.3, -0.25) is 4.90 Å². The minimum atomic E-state index is 0.0716. The number of likely N-dealkylation sites (tertiary alicyclic amines) is 1. The molecule has 2 rings (SSSR count). The van der Waals surface area contributed by atoms with Gasteiger partial charge in [0.25, 0.3) is 0 Å². The third kappa shape index (κ3) is 3.25. The Morgan fingerprint density at radius 2 is 1.67 bits per heavy atom. The minimum absolute atomic E-state index is 0.0716. The van der Waals surface area contributed by atoms with Crippen LogP contribution < -0.4 is 0 Å². The Morgan fingerprint density at radius 1 is 0.933 bits per heavy atom. The lowest BCUT2D eigenvalue weighted by Gasteiger charge is -2.37. The number of rotatable bonds is 2. The van der Waals surface area contributed by atoms with Gasteiger partial charge in [0.05, 0.1) is 5.38 Å². The zero-order chi connectivity index (χ0) is 10.7. The number of nitrogens with zero attached hydrogens (tertiary/aromatic N) is 1. The Hall–Kier alpha value is 0.540. The van der Waals surface area contributed by atoms with Crippen molar-refractivity contribution in [3.05, 3.63) is 0 Å². The van der Waals surface area contributed by atoms with E-state index in [1.54, 1.807) is 0 Å². The molecule has 2 aliphatic rings. The fourth-order valence-corrected chi connectivity index (χ4v) is 3.49. The Morgan fingerprint density at radius 3 is 2.40 bits per heavy atom. The Kier molecular flexibility index (Phi) is 4.60. The maximum Gasteiger partial charge on any atom is 0.102 e. The molecule has 2 unspecified atom stereocenters. The second kappa shape index (κ2) is 5.75. The summed E-state index contributed by atoms with van der Waals surface area (Å²) in [6, 6.07) is 0. The molecule has 2 fully saturated rings. The summed E-state index contributed by atoms with van der Waals surface area (Å²) in [6.45, 7) is 2.32. The quantitative estimate of drug-likeness (QED) is 0.531. The van der Waals surface area contributed by atoms with Gasteiger partial charge >= 0.3 is 0 Å². The van der Waals surface area contributed by atoms with Gasteiger partial charge in [-0.05, 0) is 38.1 Å². The molecule has 88 valence electrons. The van der Waals surface area contributed by atoms with Crippen molar-refractivity contribution >= 4 is 23.2 Å². The Bertz CT molecular complexity index is 192. The fraction of sp³-hybridized carbons (Fsp3) is 1.00. The number of alkyl halides is 2. The van der Waals surface area contributed by atoms with Crippen LogP contribution in [-0.2, 0) is 0 Å². The van der Waals surface area contributed by atoms with Crippen LogP contribution in [0.2, 0.25) is 0 Å². The molecular weight excluding hydrogens is 229 g/mol. The monoisotopic (exact) mass is 249 g/mol. The predicted octanol–water partition coefficient (Wildman–Crippen LogP) is 3.83. The molecule has 1 nitrogen and oxygen atoms in total. The van der Waals surface area contributed by atoms with Crippen molar-refractivity contribution in [2.75, 3.05) is 13.1 Å². The molecule has 1 saturated heterocycles. The van der Waals surface area contributed by atoms with Gasteiger partial charge in [0.1, 0.15) is 5.50 Å². The number of halogens is 2. The molecule has 3 heteroatoms. The summed E-state index contributed by atoms with van der Waals surface area (Å²) in [5, 5.41) is 0.156. The summed E-state index contributed by atoms with van der Waals surface area (Å²) in [5.74, 6) is 0.877. The van der Waals surface area contributed by atoms with Crippen LogP contribution in [0, 0.1) is 5.92 Å². The lowest BCUT2D eigenvalue weighted by Crippen LogP contribution is -2.45. The van der Waals surface area contributed by atoms with Crippen molar-refractivity contribution in [2.45, 2.75) is 55.8 Å². The van der Waals surface area contributed by atoms with Crippen molar-refractivity contribution in [3.8, 4) is 0 Å². The molecule has 1 heterocycles. The van der Waals surface area contributed by atoms with E-state index in [4.69, 9.17) is 23.2 Å². The summed E-state index contributed by atoms with van der Waals surface area (Å²) >= 11 is 12.6. The highest BCUT2D eigenvalue weighted by molar-refractivity contribution is 6.29. The standard InChI is InChI=1S/C12H21Cl2N/c13-11-7-4-8-15(12(11)14)9-10-5-2-1-3-6-10/h10-12H,1-9H2. The van der Waals surface area contributed by atoms with Gasteiger partial charge in [-0.15, -0.1) is 23.2 Å². The predicted molar refractivity (Wildman–Crippen MR) is 66.7 cm³/mol. The van der Waals surface area contributed by atoms with E-state index in [1.165, 1.54) is 45.1 Å². The van der Waals surface area contributed by atoms with Crippen molar-refractivity contribution in [1.82, 2.24) is 4.90 Å². The van der Waals surface area contributed by atoms with Crippen LogP contribution in [0.5, 0.6) is 0 Å². The second-order valence-corrected chi connectivity index (χ2v) is 6.04. The summed E-state index contributed by atoms with van der Waals surface area (Å²) in [5.41, 5.74) is 0.0716. The zero-order valence-corrected chi connectivity index (χ0v) is 10.8. The van der Waals surface area contributed by atoms with Crippen molar-refractivity contribution in [1.29, 1.82) is 0 Å². The second-order valence-electron chi connectivity index (χ2n) is 5.03. The van der Waals surface area contributed by atoms with Crippen molar-refractivity contribution < 1.29 is 0 Å². The third-order valence-electron chi connectivity index (χ3n) is 3.79. The molecule has 15 heavy (non-hydrogen) atoms. The van der Waals surface area contributed by atoms with Crippen LogP contribution in [0.25, 0.3) is 0 Å². The molecule has 0 aromatic carbocycles. The molecule has 0 amide bonds. The zero-order valence-electron chi connectivity index (χ0n) is 9.30. The maximum atomic E-state index is 6.35. The first-order chi connectivity index (χ1) is 7.27. The van der Waals surface area contributed by atoms with E-state index >= 15 is 0 Å². The van der Waals surface area contributed by atoms with Crippen LogP contribution in [0.4, 0.5) is 0 Å². The Balaban J connectivity index is 1.81. The van der Waals surface area contributed by atoms with E-state index in [2.05, 4.69) is 4.90 Å². The average molecular weight is 250 g/mol. The number of hydrogen-bond acceptors (Lipinski definition) is 1. The van der Waals surface area contributed by atoms with Gasteiger partial charge < -0.3 is 0 Å². The highest BCUT2D eigenvalue weighted by Gasteiger charge is 2.29. The van der Waals surface area contributed by atoms with Crippen LogP contribution in [0.15, 0.2) is 0 Å². The van der Waals surface area contributed by atoms with Gasteiger partial charge in [-0.2, -0.15) is 0 Å². The molecule has 0 radical (unpaired) electrons. The van der Waals surface area contributed by atoms with Gasteiger partial charge in [-0.25, -0.2) is 0 Å². The maximum absolute atomic E-state index is 6.35. The molecule has 0 spiro atoms. The summed E-state index contributed by atoms with van der Waals surface area (Å²) in [4.78, 5) is 2.40. The van der Waals surface area contributed by atoms with Gasteiger partial charge in [0.2, 0.25) is 0 Å². The molecule has 0 N–H and O–H groups in total. The summed E-state index contributed by atoms with van der Waals surface area (Å²) in [6.07, 6.45) is 9.34. The summed E-state index contributed by atoms with van der Waals surface area (Å²) < 4.78 is 0.